The molecule has 0 radical (unpaired) electrons. The minimum atomic E-state index is -4.57. The summed E-state index contributed by atoms with van der Waals surface area (Å²) in [6.07, 6.45) is 1.83. The van der Waals surface area contributed by atoms with Crippen LogP contribution in [0.3, 0.4) is 0 Å². The number of esters is 1. The number of halogens is 3. The molecule has 0 bridgehead atoms. The van der Waals surface area contributed by atoms with E-state index in [2.05, 4.69) is 6.92 Å². The number of hydrogen-bond donors (Lipinski definition) is 1. The molecular weight excluding hydrogens is 283 g/mol. The van der Waals surface area contributed by atoms with E-state index in [4.69, 9.17) is 10.5 Å². The van der Waals surface area contributed by atoms with Crippen molar-refractivity contribution in [1.82, 2.24) is 0 Å². The smallest absolute Gasteiger partial charge is 0.404 e. The fourth-order valence-electron chi connectivity index (χ4n) is 2.13. The van der Waals surface area contributed by atoms with E-state index < -0.39 is 24.1 Å². The lowest BCUT2D eigenvalue weighted by atomic mass is 9.93. The number of ether oxygens (including phenoxy) is 1. The predicted molar refractivity (Wildman–Crippen MR) is 76.8 cm³/mol. The van der Waals surface area contributed by atoms with Gasteiger partial charge in [-0.05, 0) is 12.8 Å². The molecule has 0 amide bonds. The molecule has 0 heterocycles. The average Bonchev–Trinajstić information content (AvgIpc) is 2.42. The Kier molecular flexibility index (Phi) is 10.5. The van der Waals surface area contributed by atoms with Gasteiger partial charge in [-0.1, -0.05) is 52.4 Å². The zero-order valence-electron chi connectivity index (χ0n) is 13.0. The first kappa shape index (κ1) is 20.2. The van der Waals surface area contributed by atoms with E-state index in [-0.39, 0.29) is 13.0 Å². The van der Waals surface area contributed by atoms with E-state index in [1.54, 1.807) is 6.92 Å². The highest BCUT2D eigenvalue weighted by Gasteiger charge is 2.45. The van der Waals surface area contributed by atoms with Gasteiger partial charge in [0.1, 0.15) is 6.04 Å². The fourth-order valence-corrected chi connectivity index (χ4v) is 2.13. The molecule has 0 aliphatic carbocycles. The Morgan fingerprint density at radius 1 is 1.05 bits per heavy atom. The molecule has 0 spiro atoms. The Morgan fingerprint density at radius 2 is 1.62 bits per heavy atom. The zero-order chi connectivity index (χ0) is 16.3. The molecule has 126 valence electrons. The van der Waals surface area contributed by atoms with Crippen molar-refractivity contribution in [3.8, 4) is 0 Å². The third kappa shape index (κ3) is 8.96. The Hall–Kier alpha value is -0.780. The average molecular weight is 311 g/mol. The SMILES string of the molecule is CCCCCCCC[C@H](C(=O)OCCC)[C@H](N)C(F)(F)F. The van der Waals surface area contributed by atoms with Crippen LogP contribution in [-0.2, 0) is 9.53 Å². The second kappa shape index (κ2) is 10.9. The van der Waals surface area contributed by atoms with Gasteiger partial charge in [0.15, 0.2) is 0 Å². The van der Waals surface area contributed by atoms with Gasteiger partial charge in [0.2, 0.25) is 0 Å². The van der Waals surface area contributed by atoms with Crippen LogP contribution in [0.15, 0.2) is 0 Å². The van der Waals surface area contributed by atoms with Crippen LogP contribution in [0.2, 0.25) is 0 Å². The van der Waals surface area contributed by atoms with Gasteiger partial charge < -0.3 is 10.5 Å². The Morgan fingerprint density at radius 3 is 2.14 bits per heavy atom. The van der Waals surface area contributed by atoms with Gasteiger partial charge in [0.25, 0.3) is 0 Å². The normalized spacial score (nSPS) is 14.8. The first-order chi connectivity index (χ1) is 9.84. The topological polar surface area (TPSA) is 52.3 Å². The Labute approximate surface area is 125 Å². The molecular formula is C15H28F3NO2. The van der Waals surface area contributed by atoms with E-state index in [9.17, 15) is 18.0 Å². The molecule has 0 unspecified atom stereocenters. The van der Waals surface area contributed by atoms with Crippen molar-refractivity contribution in [3.63, 3.8) is 0 Å². The first-order valence-corrected chi connectivity index (χ1v) is 7.83. The second-order valence-electron chi connectivity index (χ2n) is 5.40. The van der Waals surface area contributed by atoms with Crippen LogP contribution in [-0.4, -0.2) is 24.8 Å². The molecule has 0 saturated heterocycles. The van der Waals surface area contributed by atoms with Crippen molar-refractivity contribution in [2.45, 2.75) is 77.4 Å². The van der Waals surface area contributed by atoms with Crippen molar-refractivity contribution >= 4 is 5.97 Å². The number of nitrogens with two attached hydrogens (primary N) is 1. The minimum absolute atomic E-state index is 0.134. The quantitative estimate of drug-likeness (QED) is 0.459. The van der Waals surface area contributed by atoms with E-state index in [0.717, 1.165) is 32.1 Å². The predicted octanol–water partition coefficient (Wildman–Crippen LogP) is 4.20. The maximum Gasteiger partial charge on any atom is 0.404 e. The van der Waals surface area contributed by atoms with Crippen molar-refractivity contribution in [2.24, 2.45) is 11.7 Å². The summed E-state index contributed by atoms with van der Waals surface area (Å²) in [5, 5.41) is 0. The summed E-state index contributed by atoms with van der Waals surface area (Å²) in [7, 11) is 0. The van der Waals surface area contributed by atoms with Gasteiger partial charge in [-0.2, -0.15) is 13.2 Å². The van der Waals surface area contributed by atoms with Crippen LogP contribution in [0.1, 0.15) is 65.2 Å². The van der Waals surface area contributed by atoms with Crippen molar-refractivity contribution in [2.75, 3.05) is 6.61 Å². The lowest BCUT2D eigenvalue weighted by Crippen LogP contribution is -2.47. The van der Waals surface area contributed by atoms with Crippen molar-refractivity contribution < 1.29 is 22.7 Å². The van der Waals surface area contributed by atoms with E-state index in [0.29, 0.717) is 12.8 Å². The zero-order valence-corrected chi connectivity index (χ0v) is 13.0. The molecule has 0 aromatic heterocycles. The van der Waals surface area contributed by atoms with Gasteiger partial charge in [-0.15, -0.1) is 0 Å². The first-order valence-electron chi connectivity index (χ1n) is 7.83. The van der Waals surface area contributed by atoms with E-state index in [1.165, 1.54) is 0 Å². The largest absolute Gasteiger partial charge is 0.465 e. The molecule has 0 rings (SSSR count). The molecule has 6 heteroatoms. The van der Waals surface area contributed by atoms with Crippen LogP contribution < -0.4 is 5.73 Å². The standard InChI is InChI=1S/C15H28F3NO2/c1-3-5-6-7-8-9-10-12(13(19)15(16,17)18)14(20)21-11-4-2/h12-13H,3-11,19H2,1-2H3/t12-,13-/m0/s1. The summed E-state index contributed by atoms with van der Waals surface area (Å²) >= 11 is 0. The van der Waals surface area contributed by atoms with Gasteiger partial charge >= 0.3 is 12.1 Å². The number of hydrogen-bond acceptors (Lipinski definition) is 3. The van der Waals surface area contributed by atoms with Crippen molar-refractivity contribution in [1.29, 1.82) is 0 Å². The minimum Gasteiger partial charge on any atom is -0.465 e. The fraction of sp³-hybridized carbons (Fsp3) is 0.933. The summed E-state index contributed by atoms with van der Waals surface area (Å²) < 4.78 is 43.0. The number of carbonyl (C=O) groups is 1. The number of carbonyl (C=O) groups excluding carboxylic acids is 1. The monoisotopic (exact) mass is 311 g/mol. The van der Waals surface area contributed by atoms with Crippen LogP contribution in [0.4, 0.5) is 13.2 Å². The highest BCUT2D eigenvalue weighted by molar-refractivity contribution is 5.73. The third-order valence-electron chi connectivity index (χ3n) is 3.43. The third-order valence-corrected chi connectivity index (χ3v) is 3.43. The second-order valence-corrected chi connectivity index (χ2v) is 5.40. The molecule has 2 atom stereocenters. The summed E-state index contributed by atoms with van der Waals surface area (Å²) in [5.74, 6) is -2.11. The van der Waals surface area contributed by atoms with E-state index >= 15 is 0 Å². The molecule has 2 N–H and O–H groups in total. The number of alkyl halides is 3. The highest BCUT2D eigenvalue weighted by atomic mass is 19.4. The lowest BCUT2D eigenvalue weighted by Gasteiger charge is -2.24. The molecule has 0 aromatic rings. The summed E-state index contributed by atoms with van der Waals surface area (Å²) in [6.45, 7) is 4.03. The van der Waals surface area contributed by atoms with Gasteiger partial charge in [-0.3, -0.25) is 4.79 Å². The Bertz CT molecular complexity index is 283. The van der Waals surface area contributed by atoms with E-state index in [1.807, 2.05) is 0 Å². The molecule has 0 aliphatic heterocycles. The maximum atomic E-state index is 12.7. The molecule has 3 nitrogen and oxygen atoms in total. The maximum absolute atomic E-state index is 12.7. The van der Waals surface area contributed by atoms with Crippen LogP contribution in [0, 0.1) is 5.92 Å². The molecule has 0 fully saturated rings. The van der Waals surface area contributed by atoms with Gasteiger partial charge in [-0.25, -0.2) is 0 Å². The lowest BCUT2D eigenvalue weighted by molar-refractivity contribution is -0.177. The highest BCUT2D eigenvalue weighted by Crippen LogP contribution is 2.28. The van der Waals surface area contributed by atoms with Gasteiger partial charge in [0, 0.05) is 0 Å². The molecule has 0 saturated carbocycles. The molecule has 0 aromatic carbocycles. The van der Waals surface area contributed by atoms with Crippen LogP contribution >= 0.6 is 0 Å². The summed E-state index contributed by atoms with van der Waals surface area (Å²) in [5.41, 5.74) is 5.20. The summed E-state index contributed by atoms with van der Waals surface area (Å²) in [6, 6.07) is -2.14. The summed E-state index contributed by atoms with van der Waals surface area (Å²) in [4.78, 5) is 11.8. The number of rotatable bonds is 11. The Balaban J connectivity index is 4.35. The molecule has 0 aliphatic rings. The van der Waals surface area contributed by atoms with Crippen molar-refractivity contribution in [3.05, 3.63) is 0 Å². The number of unbranched alkanes of at least 4 members (excludes halogenated alkanes) is 5. The molecule has 21 heavy (non-hydrogen) atoms. The van der Waals surface area contributed by atoms with Crippen LogP contribution in [0.5, 0.6) is 0 Å². The van der Waals surface area contributed by atoms with Crippen LogP contribution in [0.25, 0.3) is 0 Å². The van der Waals surface area contributed by atoms with Gasteiger partial charge in [0.05, 0.1) is 12.5 Å².